The van der Waals surface area contributed by atoms with Crippen LogP contribution in [0.3, 0.4) is 0 Å². The molecule has 3 heterocycles. The van der Waals surface area contributed by atoms with Crippen molar-refractivity contribution >= 4 is 21.3 Å². The number of fused-ring (bicyclic) bond motifs is 3. The molecule has 0 amide bonds. The van der Waals surface area contributed by atoms with Gasteiger partial charge in [0.2, 0.25) is 0 Å². The van der Waals surface area contributed by atoms with Crippen LogP contribution >= 0.6 is 0 Å². The molecule has 0 atom stereocenters. The molecule has 0 aliphatic carbocycles. The lowest BCUT2D eigenvalue weighted by molar-refractivity contribution is -0.502. The molecule has 0 radical (unpaired) electrons. The Morgan fingerprint density at radius 2 is 1.39 bits per heavy atom. The van der Waals surface area contributed by atoms with Crippen LogP contribution in [0.5, 0.6) is 0 Å². The Balaban J connectivity index is 0.000000281. The van der Waals surface area contributed by atoms with Crippen molar-refractivity contribution in [2.75, 3.05) is 0 Å². The van der Waals surface area contributed by atoms with E-state index in [0.29, 0.717) is 0 Å². The van der Waals surface area contributed by atoms with E-state index in [1.54, 1.807) is 0 Å². The van der Waals surface area contributed by atoms with Gasteiger partial charge in [-0.05, 0) is 11.6 Å². The molecule has 0 aliphatic heterocycles. The van der Waals surface area contributed by atoms with Gasteiger partial charge in [0.25, 0.3) is 5.65 Å². The van der Waals surface area contributed by atoms with Crippen molar-refractivity contribution in [2.24, 2.45) is 0 Å². The molecule has 0 spiro atoms. The van der Waals surface area contributed by atoms with E-state index < -0.39 is 15.6 Å². The van der Waals surface area contributed by atoms with E-state index in [2.05, 4.69) is 92.8 Å². The molecule has 0 N–H and O–H groups in total. The molecular weight excluding hydrogens is 455 g/mol. The van der Waals surface area contributed by atoms with Gasteiger partial charge in [0, 0.05) is 11.6 Å². The predicted octanol–water partition coefficient (Wildman–Crippen LogP) is 4.46. The largest absolute Gasteiger partial charge is 0.741 e. The summed E-state index contributed by atoms with van der Waals surface area (Å²) < 4.78 is 63.3. The minimum Gasteiger partial charge on any atom is -0.741 e. The van der Waals surface area contributed by atoms with Gasteiger partial charge in [-0.25, -0.2) is 13.4 Å². The summed E-state index contributed by atoms with van der Waals surface area (Å²) in [5.74, 6) is 0. The van der Waals surface area contributed by atoms with Crippen LogP contribution < -0.4 is 4.40 Å². The van der Waals surface area contributed by atoms with Crippen LogP contribution in [0.4, 0.5) is 13.2 Å². The van der Waals surface area contributed by atoms with Gasteiger partial charge < -0.3 is 4.55 Å². The molecule has 0 aliphatic rings. The number of hydrogen-bond acceptors (Lipinski definition) is 4. The quantitative estimate of drug-likeness (QED) is 0.216. The fourth-order valence-corrected chi connectivity index (χ4v) is 3.49. The molecule has 0 saturated carbocycles. The monoisotopic (exact) mass is 471 g/mol. The number of alkyl halides is 3. The zero-order chi connectivity index (χ0) is 23.6. The topological polar surface area (TPSA) is 78.6 Å². The van der Waals surface area contributed by atoms with E-state index in [1.807, 2.05) is 18.6 Å². The third-order valence-corrected chi connectivity index (χ3v) is 5.42. The zero-order valence-electron chi connectivity index (χ0n) is 16.8. The van der Waals surface area contributed by atoms with Crippen LogP contribution in [0, 0.1) is 0 Å². The highest BCUT2D eigenvalue weighted by Gasteiger charge is 2.36. The predicted molar refractivity (Wildman–Crippen MR) is 115 cm³/mol. The summed E-state index contributed by atoms with van der Waals surface area (Å²) in [7, 11) is -6.09. The first-order valence-electron chi connectivity index (χ1n) is 9.60. The highest BCUT2D eigenvalue weighted by atomic mass is 32.2. The SMILES string of the molecule is O=S(=O)([O-])C(F)(F)F.c1ccc(-c2c(-c3ccccc3)[n+]3ccccc3n3cncc23)cc1. The second kappa shape index (κ2) is 8.64. The second-order valence-corrected chi connectivity index (χ2v) is 8.30. The minimum atomic E-state index is -6.09. The van der Waals surface area contributed by atoms with E-state index in [0.717, 1.165) is 11.2 Å². The number of aromatic nitrogens is 3. The molecule has 5 rings (SSSR count). The number of nitrogens with zero attached hydrogens (tertiary/aromatic N) is 3. The van der Waals surface area contributed by atoms with Crippen molar-refractivity contribution in [1.29, 1.82) is 0 Å². The number of pyridine rings is 1. The standard InChI is InChI=1S/C22H16N3.CHF3O3S/c1-3-9-17(10-4-1)21-19-15-23-16-25(19)20-13-7-8-14-24(20)22(21)18-11-5-2-6-12-18;2-1(3,4)8(5,6)7/h1-16H;(H,5,6,7)/q+1;/p-1. The fourth-order valence-electron chi connectivity index (χ4n) is 3.49. The van der Waals surface area contributed by atoms with Crippen LogP contribution in [0.15, 0.2) is 97.6 Å². The summed E-state index contributed by atoms with van der Waals surface area (Å²) >= 11 is 0. The van der Waals surface area contributed by atoms with Gasteiger partial charge in [0.1, 0.15) is 0 Å². The molecule has 3 aromatic heterocycles. The molecule has 10 heteroatoms. The van der Waals surface area contributed by atoms with Gasteiger partial charge in [0.15, 0.2) is 27.7 Å². The van der Waals surface area contributed by atoms with Crippen LogP contribution in [0.1, 0.15) is 0 Å². The Morgan fingerprint density at radius 3 is 1.97 bits per heavy atom. The first-order chi connectivity index (χ1) is 15.7. The average molecular weight is 471 g/mol. The van der Waals surface area contributed by atoms with Gasteiger partial charge in [0.05, 0.1) is 18.0 Å². The van der Waals surface area contributed by atoms with Crippen LogP contribution in [-0.2, 0) is 10.1 Å². The van der Waals surface area contributed by atoms with E-state index in [4.69, 9.17) is 13.0 Å². The Kier molecular flexibility index (Phi) is 5.88. The van der Waals surface area contributed by atoms with Crippen molar-refractivity contribution in [2.45, 2.75) is 5.51 Å². The molecule has 5 aromatic rings. The van der Waals surface area contributed by atoms with Crippen molar-refractivity contribution < 1.29 is 30.5 Å². The van der Waals surface area contributed by atoms with E-state index in [-0.39, 0.29) is 0 Å². The summed E-state index contributed by atoms with van der Waals surface area (Å²) in [5, 5.41) is 0. The zero-order valence-corrected chi connectivity index (χ0v) is 17.7. The van der Waals surface area contributed by atoms with Crippen LogP contribution in [-0.4, -0.2) is 27.9 Å². The Hall–Kier alpha value is -3.76. The Labute approximate surface area is 187 Å². The lowest BCUT2D eigenvalue weighted by Gasteiger charge is -2.11. The molecule has 33 heavy (non-hydrogen) atoms. The summed E-state index contributed by atoms with van der Waals surface area (Å²) in [6.07, 6.45) is 5.94. The number of hydrogen-bond donors (Lipinski definition) is 0. The highest BCUT2D eigenvalue weighted by molar-refractivity contribution is 7.86. The number of rotatable bonds is 2. The molecule has 0 bridgehead atoms. The first-order valence-corrected chi connectivity index (χ1v) is 11.0. The van der Waals surface area contributed by atoms with Crippen molar-refractivity contribution in [3.63, 3.8) is 0 Å². The lowest BCUT2D eigenvalue weighted by Crippen LogP contribution is -2.28. The molecule has 2 aromatic carbocycles. The molecule has 0 saturated heterocycles. The maximum absolute atomic E-state index is 10.7. The number of halogens is 3. The van der Waals surface area contributed by atoms with E-state index in [9.17, 15) is 13.2 Å². The molecule has 0 unspecified atom stereocenters. The van der Waals surface area contributed by atoms with Crippen molar-refractivity contribution in [3.05, 3.63) is 97.6 Å². The maximum atomic E-state index is 10.7. The first kappa shape index (κ1) is 22.4. The third kappa shape index (κ3) is 4.43. The number of benzene rings is 2. The van der Waals surface area contributed by atoms with Gasteiger partial charge in [-0.3, -0.25) is 0 Å². The molecular formula is C23H16F3N3O3S. The molecule has 0 fully saturated rings. The lowest BCUT2D eigenvalue weighted by atomic mass is 9.98. The van der Waals surface area contributed by atoms with Gasteiger partial charge in [-0.1, -0.05) is 66.7 Å². The van der Waals surface area contributed by atoms with Crippen LogP contribution in [0.2, 0.25) is 0 Å². The number of imidazole rings is 1. The Morgan fingerprint density at radius 1 is 0.848 bits per heavy atom. The Bertz CT molecular complexity index is 1520. The summed E-state index contributed by atoms with van der Waals surface area (Å²) in [5.41, 5.74) is 1.29. The summed E-state index contributed by atoms with van der Waals surface area (Å²) in [6, 6.07) is 27.3. The highest BCUT2D eigenvalue weighted by Crippen LogP contribution is 2.33. The van der Waals surface area contributed by atoms with E-state index >= 15 is 0 Å². The summed E-state index contributed by atoms with van der Waals surface area (Å²) in [4.78, 5) is 4.42. The average Bonchev–Trinajstić information content (AvgIpc) is 3.28. The van der Waals surface area contributed by atoms with Crippen molar-refractivity contribution in [1.82, 2.24) is 9.38 Å². The van der Waals surface area contributed by atoms with Crippen molar-refractivity contribution in [3.8, 4) is 22.4 Å². The molecule has 6 nitrogen and oxygen atoms in total. The fraction of sp³-hybridized carbons (Fsp3) is 0.0435. The second-order valence-electron chi connectivity index (χ2n) is 6.93. The van der Waals surface area contributed by atoms with Gasteiger partial charge in [-0.15, -0.1) is 0 Å². The third-order valence-electron chi connectivity index (χ3n) is 4.85. The van der Waals surface area contributed by atoms with Gasteiger partial charge >= 0.3 is 5.51 Å². The van der Waals surface area contributed by atoms with Gasteiger partial charge in [-0.2, -0.15) is 22.0 Å². The van der Waals surface area contributed by atoms with Crippen LogP contribution in [0.25, 0.3) is 33.5 Å². The minimum absolute atomic E-state index is 1.09. The summed E-state index contributed by atoms with van der Waals surface area (Å²) in [6.45, 7) is 0. The smallest absolute Gasteiger partial charge is 0.485 e. The molecule has 168 valence electrons. The normalized spacial score (nSPS) is 11.9. The van der Waals surface area contributed by atoms with E-state index in [1.165, 1.54) is 22.4 Å². The maximum Gasteiger partial charge on any atom is 0.485 e.